The van der Waals surface area contributed by atoms with Crippen molar-refractivity contribution in [1.29, 1.82) is 0 Å². The SMILES string of the molecule is CSCCSCCO. The number of hydrogen-bond acceptors (Lipinski definition) is 3. The van der Waals surface area contributed by atoms with Crippen LogP contribution in [0.1, 0.15) is 0 Å². The fourth-order valence-electron chi connectivity index (χ4n) is 0.309. The third-order valence-electron chi connectivity index (χ3n) is 0.667. The number of rotatable bonds is 5. The minimum absolute atomic E-state index is 0.318. The molecular formula is C5H12OS2. The number of thioether (sulfide) groups is 2. The van der Waals surface area contributed by atoms with Gasteiger partial charge in [-0.2, -0.15) is 23.5 Å². The standard InChI is InChI=1S/C5H12OS2/c1-7-4-5-8-3-2-6/h6H,2-5H2,1H3. The molecule has 0 spiro atoms. The Labute approximate surface area is 59.2 Å². The lowest BCUT2D eigenvalue weighted by Crippen LogP contribution is -1.89. The molecule has 0 amide bonds. The highest BCUT2D eigenvalue weighted by atomic mass is 32.2. The molecule has 0 heterocycles. The Balaban J connectivity index is 2.53. The van der Waals surface area contributed by atoms with Crippen LogP contribution in [0, 0.1) is 0 Å². The molecule has 8 heavy (non-hydrogen) atoms. The van der Waals surface area contributed by atoms with E-state index in [0.29, 0.717) is 6.61 Å². The molecule has 0 saturated heterocycles. The summed E-state index contributed by atoms with van der Waals surface area (Å²) in [5.41, 5.74) is 0. The highest BCUT2D eigenvalue weighted by Gasteiger charge is 1.84. The van der Waals surface area contributed by atoms with Crippen LogP contribution in [0.2, 0.25) is 0 Å². The zero-order valence-corrected chi connectivity index (χ0v) is 6.73. The van der Waals surface area contributed by atoms with Crippen LogP contribution in [-0.2, 0) is 0 Å². The number of aliphatic hydroxyl groups is 1. The molecule has 0 aliphatic heterocycles. The molecule has 1 N–H and O–H groups in total. The largest absolute Gasteiger partial charge is 0.396 e. The van der Waals surface area contributed by atoms with E-state index >= 15 is 0 Å². The second-order valence-corrected chi connectivity index (χ2v) is 3.54. The molecule has 0 aromatic carbocycles. The molecular weight excluding hydrogens is 140 g/mol. The minimum Gasteiger partial charge on any atom is -0.396 e. The lowest BCUT2D eigenvalue weighted by Gasteiger charge is -1.93. The van der Waals surface area contributed by atoms with Crippen LogP contribution in [-0.4, -0.2) is 35.2 Å². The quantitative estimate of drug-likeness (QED) is 0.595. The van der Waals surface area contributed by atoms with Crippen LogP contribution in [0.4, 0.5) is 0 Å². The zero-order valence-electron chi connectivity index (χ0n) is 5.09. The maximum atomic E-state index is 8.34. The average molecular weight is 152 g/mol. The van der Waals surface area contributed by atoms with Gasteiger partial charge in [0.2, 0.25) is 0 Å². The van der Waals surface area contributed by atoms with Crippen molar-refractivity contribution in [3.05, 3.63) is 0 Å². The van der Waals surface area contributed by atoms with Gasteiger partial charge in [-0.1, -0.05) is 0 Å². The topological polar surface area (TPSA) is 20.2 Å². The summed E-state index contributed by atoms with van der Waals surface area (Å²) in [5, 5.41) is 8.34. The highest BCUT2D eigenvalue weighted by Crippen LogP contribution is 2.01. The van der Waals surface area contributed by atoms with Gasteiger partial charge in [-0.05, 0) is 6.26 Å². The molecule has 1 nitrogen and oxygen atoms in total. The molecule has 0 atom stereocenters. The van der Waals surface area contributed by atoms with E-state index < -0.39 is 0 Å². The Morgan fingerprint density at radius 2 is 2.00 bits per heavy atom. The first kappa shape index (κ1) is 8.66. The van der Waals surface area contributed by atoms with Crippen LogP contribution in [0.15, 0.2) is 0 Å². The predicted octanol–water partition coefficient (Wildman–Crippen LogP) is 1.07. The molecule has 0 aromatic rings. The third kappa shape index (κ3) is 6.66. The fraction of sp³-hybridized carbons (Fsp3) is 1.00. The first-order chi connectivity index (χ1) is 3.91. The van der Waals surface area contributed by atoms with E-state index in [1.807, 2.05) is 11.8 Å². The summed E-state index contributed by atoms with van der Waals surface area (Å²) < 4.78 is 0. The van der Waals surface area contributed by atoms with Gasteiger partial charge in [0, 0.05) is 17.3 Å². The Kier molecular flexibility index (Phi) is 8.29. The molecule has 0 radical (unpaired) electrons. The van der Waals surface area contributed by atoms with E-state index in [2.05, 4.69) is 6.26 Å². The van der Waals surface area contributed by atoms with Crippen LogP contribution < -0.4 is 0 Å². The molecule has 50 valence electrons. The molecule has 0 rings (SSSR count). The smallest absolute Gasteiger partial charge is 0.0521 e. The average Bonchev–Trinajstić information content (AvgIpc) is 1.81. The van der Waals surface area contributed by atoms with Gasteiger partial charge in [-0.3, -0.25) is 0 Å². The number of hydrogen-bond donors (Lipinski definition) is 1. The summed E-state index contributed by atoms with van der Waals surface area (Å²) in [5.74, 6) is 3.26. The monoisotopic (exact) mass is 152 g/mol. The normalized spacial score (nSPS) is 9.75. The van der Waals surface area contributed by atoms with Crippen molar-refractivity contribution in [3.8, 4) is 0 Å². The van der Waals surface area contributed by atoms with Gasteiger partial charge >= 0.3 is 0 Å². The van der Waals surface area contributed by atoms with E-state index in [9.17, 15) is 0 Å². The van der Waals surface area contributed by atoms with Crippen LogP contribution in [0.5, 0.6) is 0 Å². The van der Waals surface area contributed by atoms with Crippen molar-refractivity contribution >= 4 is 23.5 Å². The molecule has 0 aliphatic carbocycles. The van der Waals surface area contributed by atoms with Crippen LogP contribution in [0.25, 0.3) is 0 Å². The predicted molar refractivity (Wildman–Crippen MR) is 42.8 cm³/mol. The third-order valence-corrected chi connectivity index (χ3v) is 2.50. The van der Waals surface area contributed by atoms with Gasteiger partial charge < -0.3 is 5.11 Å². The maximum Gasteiger partial charge on any atom is 0.0521 e. The van der Waals surface area contributed by atoms with E-state index in [1.54, 1.807) is 11.8 Å². The van der Waals surface area contributed by atoms with Crippen molar-refractivity contribution in [2.24, 2.45) is 0 Å². The summed E-state index contributed by atoms with van der Waals surface area (Å²) in [4.78, 5) is 0. The van der Waals surface area contributed by atoms with Crippen molar-refractivity contribution in [1.82, 2.24) is 0 Å². The molecule has 0 aliphatic rings. The molecule has 0 bridgehead atoms. The molecule has 0 aromatic heterocycles. The van der Waals surface area contributed by atoms with Crippen molar-refractivity contribution in [3.63, 3.8) is 0 Å². The van der Waals surface area contributed by atoms with E-state index in [4.69, 9.17) is 5.11 Å². The Morgan fingerprint density at radius 1 is 1.25 bits per heavy atom. The van der Waals surface area contributed by atoms with Gasteiger partial charge in [0.25, 0.3) is 0 Å². The van der Waals surface area contributed by atoms with Crippen molar-refractivity contribution < 1.29 is 5.11 Å². The van der Waals surface area contributed by atoms with Gasteiger partial charge in [-0.25, -0.2) is 0 Å². The summed E-state index contributed by atoms with van der Waals surface area (Å²) in [7, 11) is 0. The van der Waals surface area contributed by atoms with Crippen molar-refractivity contribution in [2.75, 3.05) is 30.1 Å². The summed E-state index contributed by atoms with van der Waals surface area (Å²) in [6.07, 6.45) is 2.10. The number of aliphatic hydroxyl groups excluding tert-OH is 1. The molecule has 3 heteroatoms. The highest BCUT2D eigenvalue weighted by molar-refractivity contribution is 8.02. The molecule has 0 unspecified atom stereocenters. The molecule has 0 fully saturated rings. The minimum atomic E-state index is 0.318. The first-order valence-electron chi connectivity index (χ1n) is 2.59. The van der Waals surface area contributed by atoms with Gasteiger partial charge in [0.05, 0.1) is 6.61 Å². The lowest BCUT2D eigenvalue weighted by atomic mass is 10.9. The second-order valence-electron chi connectivity index (χ2n) is 1.33. The first-order valence-corrected chi connectivity index (χ1v) is 5.14. The van der Waals surface area contributed by atoms with Crippen LogP contribution in [0.3, 0.4) is 0 Å². The lowest BCUT2D eigenvalue weighted by molar-refractivity contribution is 0.322. The molecule has 0 saturated carbocycles. The van der Waals surface area contributed by atoms with Gasteiger partial charge in [0.1, 0.15) is 0 Å². The van der Waals surface area contributed by atoms with Gasteiger partial charge in [0.15, 0.2) is 0 Å². The zero-order chi connectivity index (χ0) is 6.24. The Bertz CT molecular complexity index is 35.4. The van der Waals surface area contributed by atoms with Crippen LogP contribution >= 0.6 is 23.5 Å². The summed E-state index contributed by atoms with van der Waals surface area (Å²) >= 11 is 3.66. The van der Waals surface area contributed by atoms with E-state index in [0.717, 1.165) is 5.75 Å². The Hall–Kier alpha value is 0.660. The van der Waals surface area contributed by atoms with Crippen molar-refractivity contribution in [2.45, 2.75) is 0 Å². The van der Waals surface area contributed by atoms with E-state index in [1.165, 1.54) is 11.5 Å². The summed E-state index contributed by atoms with van der Waals surface area (Å²) in [6.45, 7) is 0.318. The Morgan fingerprint density at radius 3 is 2.50 bits per heavy atom. The van der Waals surface area contributed by atoms with Gasteiger partial charge in [-0.15, -0.1) is 0 Å². The van der Waals surface area contributed by atoms with E-state index in [-0.39, 0.29) is 0 Å². The summed E-state index contributed by atoms with van der Waals surface area (Å²) in [6, 6.07) is 0. The maximum absolute atomic E-state index is 8.34. The second kappa shape index (κ2) is 7.66. The fourth-order valence-corrected chi connectivity index (χ4v) is 1.78.